The van der Waals surface area contributed by atoms with Crippen molar-refractivity contribution < 1.29 is 14.3 Å². The van der Waals surface area contributed by atoms with Gasteiger partial charge >= 0.3 is 0 Å². The standard InChI is InChI=1S/C21H20N4O3/c1-25-13-12-23-20(25)14-27-19-8-4-17(5-9-19)24-21(26)15-28-18-6-2-16(3-7-18)10-11-22/h2-9,12-13H,10,14-15H2,1H3,(H,24,26). The minimum absolute atomic E-state index is 0.102. The molecule has 0 aliphatic carbocycles. The minimum Gasteiger partial charge on any atom is -0.486 e. The molecular weight excluding hydrogens is 356 g/mol. The molecule has 0 fully saturated rings. The fraction of sp³-hybridized carbons (Fsp3) is 0.190. The first-order valence-electron chi connectivity index (χ1n) is 8.71. The topological polar surface area (TPSA) is 89.2 Å². The maximum Gasteiger partial charge on any atom is 0.262 e. The second-order valence-electron chi connectivity index (χ2n) is 6.08. The fourth-order valence-electron chi connectivity index (χ4n) is 2.46. The smallest absolute Gasteiger partial charge is 0.262 e. The van der Waals surface area contributed by atoms with Crippen molar-refractivity contribution in [2.24, 2.45) is 7.05 Å². The highest BCUT2D eigenvalue weighted by Gasteiger charge is 2.05. The molecule has 1 aromatic heterocycles. The van der Waals surface area contributed by atoms with Crippen LogP contribution in [0.1, 0.15) is 11.4 Å². The van der Waals surface area contributed by atoms with Crippen molar-refractivity contribution in [1.29, 1.82) is 5.26 Å². The van der Waals surface area contributed by atoms with Crippen molar-refractivity contribution in [2.45, 2.75) is 13.0 Å². The Bertz CT molecular complexity index is 957. The van der Waals surface area contributed by atoms with Gasteiger partial charge in [-0.15, -0.1) is 0 Å². The zero-order chi connectivity index (χ0) is 19.8. The molecule has 1 amide bonds. The molecule has 1 N–H and O–H groups in total. The molecule has 3 rings (SSSR count). The molecule has 0 radical (unpaired) electrons. The van der Waals surface area contributed by atoms with Crippen LogP contribution in [0.4, 0.5) is 5.69 Å². The molecule has 0 atom stereocenters. The van der Waals surface area contributed by atoms with Gasteiger partial charge in [-0.3, -0.25) is 4.79 Å². The van der Waals surface area contributed by atoms with E-state index in [0.717, 1.165) is 11.4 Å². The monoisotopic (exact) mass is 376 g/mol. The zero-order valence-corrected chi connectivity index (χ0v) is 15.5. The Morgan fingerprint density at radius 1 is 1.11 bits per heavy atom. The highest BCUT2D eigenvalue weighted by molar-refractivity contribution is 5.91. The quantitative estimate of drug-likeness (QED) is 0.653. The van der Waals surface area contributed by atoms with Gasteiger partial charge < -0.3 is 19.4 Å². The van der Waals surface area contributed by atoms with Crippen LogP contribution in [0, 0.1) is 11.3 Å². The van der Waals surface area contributed by atoms with Crippen molar-refractivity contribution in [3.63, 3.8) is 0 Å². The van der Waals surface area contributed by atoms with Gasteiger partial charge in [0.25, 0.3) is 5.91 Å². The first-order chi connectivity index (χ1) is 13.6. The number of rotatable bonds is 8. The van der Waals surface area contributed by atoms with Gasteiger partial charge in [-0.25, -0.2) is 4.98 Å². The minimum atomic E-state index is -0.261. The van der Waals surface area contributed by atoms with Crippen molar-refractivity contribution in [1.82, 2.24) is 9.55 Å². The summed E-state index contributed by atoms with van der Waals surface area (Å²) in [7, 11) is 1.91. The lowest BCUT2D eigenvalue weighted by molar-refractivity contribution is -0.118. The molecule has 7 nitrogen and oxygen atoms in total. The summed E-state index contributed by atoms with van der Waals surface area (Å²) in [6.07, 6.45) is 3.93. The number of anilines is 1. The number of benzene rings is 2. The molecule has 0 unspecified atom stereocenters. The highest BCUT2D eigenvalue weighted by Crippen LogP contribution is 2.17. The summed E-state index contributed by atoms with van der Waals surface area (Å²) in [6, 6.07) is 16.3. The average molecular weight is 376 g/mol. The lowest BCUT2D eigenvalue weighted by atomic mass is 10.2. The van der Waals surface area contributed by atoms with Crippen LogP contribution in [0.2, 0.25) is 0 Å². The second-order valence-corrected chi connectivity index (χ2v) is 6.08. The number of nitriles is 1. The van der Waals surface area contributed by atoms with E-state index in [9.17, 15) is 4.79 Å². The maximum absolute atomic E-state index is 12.0. The Morgan fingerprint density at radius 3 is 2.43 bits per heavy atom. The summed E-state index contributed by atoms with van der Waals surface area (Å²) in [5.74, 6) is 1.84. The molecular formula is C21H20N4O3. The van der Waals surface area contributed by atoms with E-state index in [4.69, 9.17) is 14.7 Å². The summed E-state index contributed by atoms with van der Waals surface area (Å²) in [5, 5.41) is 11.4. The number of carbonyl (C=O) groups is 1. The summed E-state index contributed by atoms with van der Waals surface area (Å²) in [4.78, 5) is 16.2. The Balaban J connectivity index is 1.45. The summed E-state index contributed by atoms with van der Waals surface area (Å²) in [6.45, 7) is 0.269. The Morgan fingerprint density at radius 2 is 1.79 bits per heavy atom. The Kier molecular flexibility index (Phi) is 6.26. The molecule has 0 saturated carbocycles. The van der Waals surface area contributed by atoms with Gasteiger partial charge in [0, 0.05) is 25.1 Å². The molecule has 0 spiro atoms. The predicted molar refractivity (Wildman–Crippen MR) is 104 cm³/mol. The number of amides is 1. The van der Waals surface area contributed by atoms with Gasteiger partial charge in [0.15, 0.2) is 6.61 Å². The number of aryl methyl sites for hydroxylation is 1. The van der Waals surface area contributed by atoms with E-state index >= 15 is 0 Å². The molecule has 142 valence electrons. The van der Waals surface area contributed by atoms with Crippen LogP contribution in [-0.2, 0) is 24.9 Å². The van der Waals surface area contributed by atoms with Crippen LogP contribution in [0.3, 0.4) is 0 Å². The lowest BCUT2D eigenvalue weighted by Gasteiger charge is -2.09. The van der Waals surface area contributed by atoms with Crippen molar-refractivity contribution in [3.05, 3.63) is 72.3 Å². The summed E-state index contributed by atoms with van der Waals surface area (Å²) in [5.41, 5.74) is 1.56. The first-order valence-corrected chi connectivity index (χ1v) is 8.71. The zero-order valence-electron chi connectivity index (χ0n) is 15.5. The van der Waals surface area contributed by atoms with E-state index in [0.29, 0.717) is 30.2 Å². The number of nitrogens with zero attached hydrogens (tertiary/aromatic N) is 3. The number of hydrogen-bond acceptors (Lipinski definition) is 5. The van der Waals surface area contributed by atoms with Gasteiger partial charge in [-0.2, -0.15) is 5.26 Å². The number of imidazole rings is 1. The van der Waals surface area contributed by atoms with Crippen molar-refractivity contribution >= 4 is 11.6 Å². The largest absolute Gasteiger partial charge is 0.486 e. The van der Waals surface area contributed by atoms with Crippen LogP contribution in [-0.4, -0.2) is 22.1 Å². The van der Waals surface area contributed by atoms with Crippen molar-refractivity contribution in [3.8, 4) is 17.6 Å². The average Bonchev–Trinajstić information content (AvgIpc) is 3.12. The van der Waals surface area contributed by atoms with Crippen LogP contribution in [0.5, 0.6) is 11.5 Å². The van der Waals surface area contributed by atoms with Crippen LogP contribution in [0.25, 0.3) is 0 Å². The highest BCUT2D eigenvalue weighted by atomic mass is 16.5. The Labute approximate surface area is 163 Å². The van der Waals surface area contributed by atoms with E-state index in [1.807, 2.05) is 17.8 Å². The molecule has 7 heteroatoms. The third kappa shape index (κ3) is 5.35. The van der Waals surface area contributed by atoms with E-state index in [2.05, 4.69) is 16.4 Å². The van der Waals surface area contributed by atoms with Gasteiger partial charge in [0.1, 0.15) is 23.9 Å². The van der Waals surface area contributed by atoms with Crippen LogP contribution < -0.4 is 14.8 Å². The van der Waals surface area contributed by atoms with Gasteiger partial charge in [0.05, 0.1) is 12.5 Å². The van der Waals surface area contributed by atoms with Crippen LogP contribution >= 0.6 is 0 Å². The van der Waals surface area contributed by atoms with E-state index in [-0.39, 0.29) is 12.5 Å². The van der Waals surface area contributed by atoms with E-state index in [1.165, 1.54) is 0 Å². The number of hydrogen-bond donors (Lipinski definition) is 1. The van der Waals surface area contributed by atoms with Crippen LogP contribution in [0.15, 0.2) is 60.9 Å². The molecule has 2 aromatic carbocycles. The maximum atomic E-state index is 12.0. The van der Waals surface area contributed by atoms with Gasteiger partial charge in [-0.1, -0.05) is 12.1 Å². The third-order valence-electron chi connectivity index (χ3n) is 4.00. The molecule has 0 aliphatic rings. The molecule has 0 saturated heterocycles. The lowest BCUT2D eigenvalue weighted by Crippen LogP contribution is -2.20. The number of ether oxygens (including phenoxy) is 2. The molecule has 1 heterocycles. The summed E-state index contributed by atoms with van der Waals surface area (Å²) >= 11 is 0. The predicted octanol–water partition coefficient (Wildman–Crippen LogP) is 3.08. The number of nitrogens with one attached hydrogen (secondary N) is 1. The molecule has 0 bridgehead atoms. The number of aromatic nitrogens is 2. The normalized spacial score (nSPS) is 10.1. The second kappa shape index (κ2) is 9.24. The van der Waals surface area contributed by atoms with Gasteiger partial charge in [0.2, 0.25) is 0 Å². The fourth-order valence-corrected chi connectivity index (χ4v) is 2.46. The third-order valence-corrected chi connectivity index (χ3v) is 4.00. The first kappa shape index (κ1) is 19.0. The van der Waals surface area contributed by atoms with Crippen molar-refractivity contribution in [2.75, 3.05) is 11.9 Å². The molecule has 28 heavy (non-hydrogen) atoms. The van der Waals surface area contributed by atoms with Gasteiger partial charge in [-0.05, 0) is 42.0 Å². The van der Waals surface area contributed by atoms with E-state index < -0.39 is 0 Å². The number of carbonyl (C=O) groups excluding carboxylic acids is 1. The SMILES string of the molecule is Cn1ccnc1COc1ccc(NC(=O)COc2ccc(CC#N)cc2)cc1. The summed E-state index contributed by atoms with van der Waals surface area (Å²) < 4.78 is 13.0. The Hall–Kier alpha value is -3.79. The molecule has 0 aliphatic heterocycles. The molecule has 3 aromatic rings. The van der Waals surface area contributed by atoms with E-state index in [1.54, 1.807) is 54.7 Å².